The number of phenols is 2. The average Bonchev–Trinajstić information content (AvgIpc) is 2.68. The number of anilines is 2. The van der Waals surface area contributed by atoms with E-state index < -0.39 is 5.92 Å². The summed E-state index contributed by atoms with van der Waals surface area (Å²) >= 11 is 0. The first kappa shape index (κ1) is 17.6. The topological polar surface area (TPSA) is 131 Å². The van der Waals surface area contributed by atoms with Gasteiger partial charge in [0.25, 0.3) is 0 Å². The van der Waals surface area contributed by atoms with E-state index in [-0.39, 0.29) is 35.6 Å². The van der Waals surface area contributed by atoms with E-state index in [1.807, 2.05) is 0 Å². The molecule has 0 aliphatic carbocycles. The monoisotopic (exact) mass is 378 g/mol. The fourth-order valence-electron chi connectivity index (χ4n) is 3.12. The van der Waals surface area contributed by atoms with Crippen molar-refractivity contribution < 1.29 is 19.7 Å². The SMILES string of the molecule is Nc1nccc(-c2ccc(NC(=O)C3COc4ccc(O)cc4C3)c(O)c2)n1. The third-order valence-electron chi connectivity index (χ3n) is 4.55. The van der Waals surface area contributed by atoms with Crippen molar-refractivity contribution in [2.75, 3.05) is 17.7 Å². The molecule has 0 fully saturated rings. The van der Waals surface area contributed by atoms with Crippen LogP contribution in [0.2, 0.25) is 0 Å². The maximum Gasteiger partial charge on any atom is 0.231 e. The van der Waals surface area contributed by atoms with Crippen LogP contribution in [0.4, 0.5) is 11.6 Å². The number of carbonyl (C=O) groups is 1. The summed E-state index contributed by atoms with van der Waals surface area (Å²) in [5.41, 5.74) is 7.86. The number of rotatable bonds is 3. The molecule has 142 valence electrons. The number of ether oxygens (including phenoxy) is 1. The van der Waals surface area contributed by atoms with Crippen molar-refractivity contribution in [3.8, 4) is 28.5 Å². The number of hydrogen-bond donors (Lipinski definition) is 4. The Hall–Kier alpha value is -3.81. The van der Waals surface area contributed by atoms with Crippen LogP contribution in [-0.4, -0.2) is 32.7 Å². The number of nitrogens with one attached hydrogen (secondary N) is 1. The Balaban J connectivity index is 1.49. The summed E-state index contributed by atoms with van der Waals surface area (Å²) in [6.07, 6.45) is 1.97. The zero-order chi connectivity index (χ0) is 19.7. The molecule has 0 saturated heterocycles. The molecular formula is C20H18N4O4. The second-order valence-electron chi connectivity index (χ2n) is 6.53. The molecule has 1 unspecified atom stereocenters. The quantitative estimate of drug-likeness (QED) is 0.515. The van der Waals surface area contributed by atoms with Gasteiger partial charge in [-0.2, -0.15) is 0 Å². The first-order chi connectivity index (χ1) is 13.5. The molecule has 4 rings (SSSR count). The van der Waals surface area contributed by atoms with Gasteiger partial charge in [0.2, 0.25) is 11.9 Å². The number of aromatic nitrogens is 2. The van der Waals surface area contributed by atoms with Crippen molar-refractivity contribution >= 4 is 17.5 Å². The Morgan fingerprint density at radius 1 is 1.18 bits per heavy atom. The Kier molecular flexibility index (Phi) is 4.44. The van der Waals surface area contributed by atoms with E-state index in [1.165, 1.54) is 12.3 Å². The Labute approximate surface area is 160 Å². The number of amides is 1. The van der Waals surface area contributed by atoms with Crippen LogP contribution in [0.15, 0.2) is 48.7 Å². The van der Waals surface area contributed by atoms with Gasteiger partial charge < -0.3 is 26.0 Å². The summed E-state index contributed by atoms with van der Waals surface area (Å²) in [5.74, 6) is 0.134. The molecular weight excluding hydrogens is 360 g/mol. The van der Waals surface area contributed by atoms with Crippen LogP contribution < -0.4 is 15.8 Å². The van der Waals surface area contributed by atoms with E-state index in [0.717, 1.165) is 5.56 Å². The molecule has 5 N–H and O–H groups in total. The highest BCUT2D eigenvalue weighted by Crippen LogP contribution is 2.32. The highest BCUT2D eigenvalue weighted by atomic mass is 16.5. The van der Waals surface area contributed by atoms with Gasteiger partial charge in [-0.1, -0.05) is 6.07 Å². The summed E-state index contributed by atoms with van der Waals surface area (Å²) in [4.78, 5) is 20.6. The molecule has 2 aromatic carbocycles. The Bertz CT molecular complexity index is 1050. The number of fused-ring (bicyclic) bond motifs is 1. The molecule has 1 aromatic heterocycles. The smallest absolute Gasteiger partial charge is 0.231 e. The molecule has 28 heavy (non-hydrogen) atoms. The minimum Gasteiger partial charge on any atom is -0.508 e. The summed E-state index contributed by atoms with van der Waals surface area (Å²) in [5, 5.41) is 22.7. The van der Waals surface area contributed by atoms with Gasteiger partial charge in [0.15, 0.2) is 0 Å². The lowest BCUT2D eigenvalue weighted by Gasteiger charge is -2.24. The molecule has 8 heteroatoms. The first-order valence-electron chi connectivity index (χ1n) is 8.67. The predicted molar refractivity (Wildman–Crippen MR) is 103 cm³/mol. The second-order valence-corrected chi connectivity index (χ2v) is 6.53. The Morgan fingerprint density at radius 2 is 2.04 bits per heavy atom. The average molecular weight is 378 g/mol. The molecule has 2 heterocycles. The minimum absolute atomic E-state index is 0.0854. The molecule has 1 amide bonds. The summed E-state index contributed by atoms with van der Waals surface area (Å²) in [6.45, 7) is 0.225. The summed E-state index contributed by atoms with van der Waals surface area (Å²) in [7, 11) is 0. The van der Waals surface area contributed by atoms with Gasteiger partial charge >= 0.3 is 0 Å². The number of hydrogen-bond acceptors (Lipinski definition) is 7. The van der Waals surface area contributed by atoms with E-state index >= 15 is 0 Å². The summed E-state index contributed by atoms with van der Waals surface area (Å²) in [6, 6.07) is 11.3. The number of nitrogen functional groups attached to an aromatic ring is 1. The van der Waals surface area contributed by atoms with Crippen molar-refractivity contribution in [1.29, 1.82) is 0 Å². The number of nitrogens with two attached hydrogens (primary N) is 1. The van der Waals surface area contributed by atoms with Crippen LogP contribution in [0.5, 0.6) is 17.2 Å². The third-order valence-corrected chi connectivity index (χ3v) is 4.55. The molecule has 1 aliphatic rings. The predicted octanol–water partition coefficient (Wildman–Crippen LogP) is 2.33. The lowest BCUT2D eigenvalue weighted by Crippen LogP contribution is -2.32. The number of benzene rings is 2. The van der Waals surface area contributed by atoms with Gasteiger partial charge in [0.1, 0.15) is 23.9 Å². The fourth-order valence-corrected chi connectivity index (χ4v) is 3.12. The second kappa shape index (κ2) is 7.07. The van der Waals surface area contributed by atoms with Gasteiger partial charge in [0.05, 0.1) is 17.3 Å². The van der Waals surface area contributed by atoms with Crippen LogP contribution in [0, 0.1) is 5.92 Å². The number of aromatic hydroxyl groups is 2. The molecule has 8 nitrogen and oxygen atoms in total. The van der Waals surface area contributed by atoms with E-state index in [2.05, 4.69) is 15.3 Å². The molecule has 0 radical (unpaired) electrons. The Morgan fingerprint density at radius 3 is 2.82 bits per heavy atom. The standard InChI is InChI=1S/C20H18N4O4/c21-20-22-6-5-15(24-20)11-1-3-16(17(26)9-11)23-19(27)13-7-12-8-14(25)2-4-18(12)28-10-13/h1-6,8-9,13,25-26H,7,10H2,(H,23,27)(H2,21,22,24). The maximum absolute atomic E-state index is 12.6. The van der Waals surface area contributed by atoms with Gasteiger partial charge in [-0.05, 0) is 48.4 Å². The molecule has 0 saturated carbocycles. The van der Waals surface area contributed by atoms with Crippen LogP contribution in [-0.2, 0) is 11.2 Å². The molecule has 1 aliphatic heterocycles. The molecule has 0 spiro atoms. The number of carbonyl (C=O) groups excluding carboxylic acids is 1. The van der Waals surface area contributed by atoms with Gasteiger partial charge in [-0.3, -0.25) is 4.79 Å². The van der Waals surface area contributed by atoms with Gasteiger partial charge in [-0.15, -0.1) is 0 Å². The number of phenolic OH excluding ortho intramolecular Hbond substituents is 2. The lowest BCUT2D eigenvalue weighted by atomic mass is 9.95. The van der Waals surface area contributed by atoms with Gasteiger partial charge in [0, 0.05) is 11.8 Å². The van der Waals surface area contributed by atoms with Crippen LogP contribution in [0.25, 0.3) is 11.3 Å². The zero-order valence-electron chi connectivity index (χ0n) is 14.8. The lowest BCUT2D eigenvalue weighted by molar-refractivity contribution is -0.121. The zero-order valence-corrected chi connectivity index (χ0v) is 14.8. The highest BCUT2D eigenvalue weighted by molar-refractivity contribution is 5.94. The normalized spacial score (nSPS) is 15.4. The van der Waals surface area contributed by atoms with Crippen molar-refractivity contribution in [3.05, 3.63) is 54.2 Å². The highest BCUT2D eigenvalue weighted by Gasteiger charge is 2.27. The van der Waals surface area contributed by atoms with Crippen molar-refractivity contribution in [1.82, 2.24) is 9.97 Å². The van der Waals surface area contributed by atoms with E-state index in [1.54, 1.807) is 36.4 Å². The third kappa shape index (κ3) is 3.52. The number of nitrogens with zero attached hydrogens (tertiary/aromatic N) is 2. The molecule has 0 bridgehead atoms. The van der Waals surface area contributed by atoms with E-state index in [0.29, 0.717) is 23.4 Å². The largest absolute Gasteiger partial charge is 0.508 e. The summed E-state index contributed by atoms with van der Waals surface area (Å²) < 4.78 is 5.61. The first-order valence-corrected chi connectivity index (χ1v) is 8.67. The van der Waals surface area contributed by atoms with E-state index in [9.17, 15) is 15.0 Å². The fraction of sp³-hybridized carbons (Fsp3) is 0.150. The van der Waals surface area contributed by atoms with Gasteiger partial charge in [-0.25, -0.2) is 9.97 Å². The van der Waals surface area contributed by atoms with Crippen LogP contribution in [0.1, 0.15) is 5.56 Å². The van der Waals surface area contributed by atoms with Crippen molar-refractivity contribution in [2.24, 2.45) is 5.92 Å². The molecule has 3 aromatic rings. The van der Waals surface area contributed by atoms with Crippen LogP contribution in [0.3, 0.4) is 0 Å². The maximum atomic E-state index is 12.6. The van der Waals surface area contributed by atoms with Crippen molar-refractivity contribution in [2.45, 2.75) is 6.42 Å². The minimum atomic E-state index is -0.435. The molecule has 1 atom stereocenters. The van der Waals surface area contributed by atoms with Crippen molar-refractivity contribution in [3.63, 3.8) is 0 Å². The van der Waals surface area contributed by atoms with E-state index in [4.69, 9.17) is 10.5 Å². The van der Waals surface area contributed by atoms with Crippen LogP contribution >= 0.6 is 0 Å².